The molecule has 0 spiro atoms. The number of nitrogens with two attached hydrogens (primary N) is 1. The smallest absolute Gasteiger partial charge is 0.184 e. The Morgan fingerprint density at radius 3 is 2.10 bits per heavy atom. The van der Waals surface area contributed by atoms with Crippen LogP contribution in [0.5, 0.6) is 0 Å². The lowest BCUT2D eigenvalue weighted by atomic mass is 9.98. The fourth-order valence-electron chi connectivity index (χ4n) is 6.04. The van der Waals surface area contributed by atoms with E-state index in [0.717, 1.165) is 79.1 Å². The minimum absolute atomic E-state index is 0.0363. The third-order valence-electron chi connectivity index (χ3n) is 8.45. The number of aliphatic hydroxyl groups excluding tert-OH is 1. The lowest BCUT2D eigenvalue weighted by Crippen LogP contribution is -2.49. The van der Waals surface area contributed by atoms with Crippen molar-refractivity contribution in [3.63, 3.8) is 0 Å². The average Bonchev–Trinajstić information content (AvgIpc) is 3.06. The van der Waals surface area contributed by atoms with E-state index in [2.05, 4.69) is 101 Å². The fourth-order valence-corrected chi connectivity index (χ4v) is 6.04. The first-order valence-electron chi connectivity index (χ1n) is 15.1. The van der Waals surface area contributed by atoms with Crippen LogP contribution in [0.1, 0.15) is 46.6 Å². The molecule has 0 aliphatic carbocycles. The van der Waals surface area contributed by atoms with Gasteiger partial charge in [0, 0.05) is 57.8 Å². The first kappa shape index (κ1) is 28.7. The van der Waals surface area contributed by atoms with Gasteiger partial charge in [-0.05, 0) is 45.5 Å². The number of nitrogens with zero attached hydrogens (tertiary/aromatic N) is 2. The highest BCUT2D eigenvalue weighted by Gasteiger charge is 2.34. The molecule has 2 aliphatic rings. The summed E-state index contributed by atoms with van der Waals surface area (Å²) in [4.78, 5) is 5.07. The van der Waals surface area contributed by atoms with Crippen LogP contribution in [0.25, 0.3) is 11.1 Å². The van der Waals surface area contributed by atoms with E-state index in [-0.39, 0.29) is 18.8 Å². The van der Waals surface area contributed by atoms with Crippen LogP contribution in [-0.4, -0.2) is 53.7 Å². The van der Waals surface area contributed by atoms with Crippen molar-refractivity contribution in [2.45, 2.75) is 44.6 Å². The Bertz CT molecular complexity index is 1420. The number of piperazine rings is 1. The molecule has 4 aromatic rings. The van der Waals surface area contributed by atoms with Crippen molar-refractivity contribution in [3.8, 4) is 11.1 Å². The van der Waals surface area contributed by atoms with Crippen LogP contribution in [0, 0.1) is 0 Å². The van der Waals surface area contributed by atoms with Gasteiger partial charge >= 0.3 is 0 Å². The molecule has 3 atom stereocenters. The van der Waals surface area contributed by atoms with Crippen LogP contribution in [0.4, 0.5) is 0 Å². The summed E-state index contributed by atoms with van der Waals surface area (Å²) in [5.74, 6) is 0. The molecule has 0 aromatic heterocycles. The predicted octanol–water partition coefficient (Wildman–Crippen LogP) is 5.67. The monoisotopic (exact) mass is 563 g/mol. The van der Waals surface area contributed by atoms with Gasteiger partial charge in [0.15, 0.2) is 6.29 Å². The van der Waals surface area contributed by atoms with E-state index in [0.29, 0.717) is 6.54 Å². The number of benzene rings is 4. The summed E-state index contributed by atoms with van der Waals surface area (Å²) in [6.45, 7) is 6.59. The maximum Gasteiger partial charge on any atom is 0.184 e. The van der Waals surface area contributed by atoms with E-state index in [1.807, 2.05) is 12.1 Å². The Balaban J connectivity index is 1.17. The predicted molar refractivity (Wildman–Crippen MR) is 166 cm³/mol. The average molecular weight is 564 g/mol. The van der Waals surface area contributed by atoms with Crippen molar-refractivity contribution >= 4 is 0 Å². The zero-order chi connectivity index (χ0) is 28.7. The third-order valence-corrected chi connectivity index (χ3v) is 8.45. The first-order valence-corrected chi connectivity index (χ1v) is 15.1. The largest absolute Gasteiger partial charge is 0.392 e. The topological polar surface area (TPSA) is 71.2 Å². The lowest BCUT2D eigenvalue weighted by molar-refractivity contribution is -0.253. The Morgan fingerprint density at radius 1 is 0.667 bits per heavy atom. The standard InChI is InChI=1S/C36H41N3O3/c37-23-29-8-4-9-31(20-29)32-10-5-11-33(21-32)36-41-34(22-35(42-36)30-14-12-28(26-40)13-15-30)25-39-18-16-38(17-19-39)24-27-6-2-1-3-7-27/h1-15,20-21,34-36,40H,16-19,22-26,37H2. The summed E-state index contributed by atoms with van der Waals surface area (Å²) >= 11 is 0. The van der Waals surface area contributed by atoms with E-state index < -0.39 is 6.29 Å². The Hall–Kier alpha value is -3.36. The molecule has 3 N–H and O–H groups in total. The second kappa shape index (κ2) is 13.7. The van der Waals surface area contributed by atoms with Gasteiger partial charge in [0.25, 0.3) is 0 Å². The van der Waals surface area contributed by atoms with Crippen LogP contribution in [0.2, 0.25) is 0 Å². The molecule has 0 amide bonds. The molecule has 4 aromatic carbocycles. The summed E-state index contributed by atoms with van der Waals surface area (Å²) < 4.78 is 13.3. The van der Waals surface area contributed by atoms with Crippen molar-refractivity contribution in [1.82, 2.24) is 9.80 Å². The van der Waals surface area contributed by atoms with Crippen molar-refractivity contribution in [3.05, 3.63) is 131 Å². The number of aliphatic hydroxyl groups is 1. The van der Waals surface area contributed by atoms with Crippen LogP contribution in [0.15, 0.2) is 103 Å². The summed E-state index contributed by atoms with van der Waals surface area (Å²) in [5.41, 5.74) is 13.7. The lowest BCUT2D eigenvalue weighted by Gasteiger charge is -2.41. The van der Waals surface area contributed by atoms with E-state index in [4.69, 9.17) is 15.2 Å². The zero-order valence-corrected chi connectivity index (χ0v) is 24.1. The Morgan fingerprint density at radius 2 is 1.36 bits per heavy atom. The third kappa shape index (κ3) is 7.16. The summed E-state index contributed by atoms with van der Waals surface area (Å²) in [5, 5.41) is 9.54. The molecule has 2 aliphatic heterocycles. The molecule has 0 bridgehead atoms. The SMILES string of the molecule is NCc1cccc(-c2cccc(C3OC(CN4CCN(Cc5ccccc5)CC4)CC(c4ccc(CO)cc4)O3)c2)c1. The highest BCUT2D eigenvalue weighted by Crippen LogP contribution is 2.39. The van der Waals surface area contributed by atoms with Gasteiger partial charge in [-0.25, -0.2) is 0 Å². The molecule has 2 heterocycles. The number of hydrogen-bond acceptors (Lipinski definition) is 6. The first-order chi connectivity index (χ1) is 20.7. The maximum atomic E-state index is 9.54. The molecule has 6 rings (SSSR count). The summed E-state index contributed by atoms with van der Waals surface area (Å²) in [7, 11) is 0. The van der Waals surface area contributed by atoms with Gasteiger partial charge in [-0.2, -0.15) is 0 Å². The molecule has 6 nitrogen and oxygen atoms in total. The highest BCUT2D eigenvalue weighted by atomic mass is 16.7. The zero-order valence-electron chi connectivity index (χ0n) is 24.1. The highest BCUT2D eigenvalue weighted by molar-refractivity contribution is 5.65. The molecule has 6 heteroatoms. The molecular weight excluding hydrogens is 522 g/mol. The molecule has 218 valence electrons. The molecule has 0 saturated carbocycles. The van der Waals surface area contributed by atoms with E-state index in [1.165, 1.54) is 5.56 Å². The molecule has 3 unspecified atom stereocenters. The number of ether oxygens (including phenoxy) is 2. The van der Waals surface area contributed by atoms with Crippen LogP contribution >= 0.6 is 0 Å². The summed E-state index contributed by atoms with van der Waals surface area (Å²) in [6.07, 6.45) is 0.266. The maximum absolute atomic E-state index is 9.54. The molecule has 0 radical (unpaired) electrons. The van der Waals surface area contributed by atoms with E-state index >= 15 is 0 Å². The molecular formula is C36H41N3O3. The molecule has 2 fully saturated rings. The van der Waals surface area contributed by atoms with Crippen molar-refractivity contribution in [1.29, 1.82) is 0 Å². The van der Waals surface area contributed by atoms with Crippen LogP contribution in [-0.2, 0) is 29.2 Å². The van der Waals surface area contributed by atoms with Crippen LogP contribution in [0.3, 0.4) is 0 Å². The second-order valence-corrected chi connectivity index (χ2v) is 11.4. The fraction of sp³-hybridized carbons (Fsp3) is 0.333. The van der Waals surface area contributed by atoms with Gasteiger partial charge in [0.1, 0.15) is 0 Å². The van der Waals surface area contributed by atoms with Crippen molar-refractivity contribution < 1.29 is 14.6 Å². The quantitative estimate of drug-likeness (QED) is 0.274. The number of rotatable bonds is 9. The van der Waals surface area contributed by atoms with Crippen molar-refractivity contribution in [2.24, 2.45) is 5.73 Å². The normalized spacial score (nSPS) is 21.8. The number of hydrogen-bond donors (Lipinski definition) is 2. The van der Waals surface area contributed by atoms with Crippen LogP contribution < -0.4 is 5.73 Å². The van der Waals surface area contributed by atoms with Gasteiger partial charge in [-0.15, -0.1) is 0 Å². The van der Waals surface area contributed by atoms with E-state index in [1.54, 1.807) is 0 Å². The Kier molecular flexibility index (Phi) is 9.41. The molecule has 2 saturated heterocycles. The van der Waals surface area contributed by atoms with Gasteiger partial charge in [0.05, 0.1) is 18.8 Å². The van der Waals surface area contributed by atoms with Gasteiger partial charge in [-0.3, -0.25) is 9.80 Å². The van der Waals surface area contributed by atoms with Gasteiger partial charge < -0.3 is 20.3 Å². The minimum atomic E-state index is -0.469. The second-order valence-electron chi connectivity index (χ2n) is 11.4. The van der Waals surface area contributed by atoms with Gasteiger partial charge in [-0.1, -0.05) is 91.0 Å². The van der Waals surface area contributed by atoms with Crippen molar-refractivity contribution in [2.75, 3.05) is 32.7 Å². The Labute approximate surface area is 249 Å². The minimum Gasteiger partial charge on any atom is -0.392 e. The summed E-state index contributed by atoms with van der Waals surface area (Å²) in [6, 6.07) is 35.7. The van der Waals surface area contributed by atoms with E-state index in [9.17, 15) is 5.11 Å². The van der Waals surface area contributed by atoms with Gasteiger partial charge in [0.2, 0.25) is 0 Å². The molecule has 42 heavy (non-hydrogen) atoms.